The molecule has 0 amide bonds. The second-order valence-electron chi connectivity index (χ2n) is 2.99. The molecule has 2 nitrogen and oxygen atoms in total. The van der Waals surface area contributed by atoms with Crippen LogP contribution in [-0.4, -0.2) is 5.78 Å². The molecule has 2 heteroatoms. The standard InChI is InChI=1S/C11H10O2/c12-10-6-7-11(13-8-10)9-4-2-1-3-5-9/h1-5,8H,6-7H2. The average molecular weight is 174 g/mol. The number of allylic oxidation sites excluding steroid dienone is 1. The van der Waals surface area contributed by atoms with Crippen molar-refractivity contribution in [3.8, 4) is 0 Å². The van der Waals surface area contributed by atoms with Gasteiger partial charge in [0.25, 0.3) is 0 Å². The largest absolute Gasteiger partial charge is 0.870 e. The van der Waals surface area contributed by atoms with Gasteiger partial charge < -0.3 is 5.11 Å². The summed E-state index contributed by atoms with van der Waals surface area (Å²) in [5.41, 5.74) is 1.06. The number of hydrogen-bond donors (Lipinski definition) is 0. The Balaban J connectivity index is 2.29. The fourth-order valence-electron chi connectivity index (χ4n) is 1.33. The van der Waals surface area contributed by atoms with Crippen LogP contribution >= 0.6 is 0 Å². The van der Waals surface area contributed by atoms with Gasteiger partial charge in [0.05, 0.1) is 12.0 Å². The van der Waals surface area contributed by atoms with Crippen molar-refractivity contribution in [3.05, 3.63) is 47.9 Å². The number of rotatable bonds is 1. The van der Waals surface area contributed by atoms with Gasteiger partial charge in [-0.1, -0.05) is 18.2 Å². The fourth-order valence-corrected chi connectivity index (χ4v) is 1.33. The van der Waals surface area contributed by atoms with E-state index in [0.717, 1.165) is 11.3 Å². The summed E-state index contributed by atoms with van der Waals surface area (Å²) in [7, 11) is 0. The first kappa shape index (κ1) is 8.05. The van der Waals surface area contributed by atoms with Crippen LogP contribution in [0.2, 0.25) is 0 Å². The van der Waals surface area contributed by atoms with Crippen LogP contribution in [0.3, 0.4) is 0 Å². The third-order valence-corrected chi connectivity index (χ3v) is 2.03. The second-order valence-corrected chi connectivity index (χ2v) is 2.99. The van der Waals surface area contributed by atoms with E-state index in [2.05, 4.69) is 0 Å². The van der Waals surface area contributed by atoms with Gasteiger partial charge in [0, 0.05) is 0 Å². The van der Waals surface area contributed by atoms with E-state index in [1.165, 1.54) is 6.26 Å². The monoisotopic (exact) mass is 174 g/mol. The van der Waals surface area contributed by atoms with E-state index in [9.17, 15) is 5.11 Å². The fraction of sp³-hybridized carbons (Fsp3) is 0.182. The summed E-state index contributed by atoms with van der Waals surface area (Å²) >= 11 is 0. The van der Waals surface area contributed by atoms with E-state index in [4.69, 9.17) is 4.42 Å². The van der Waals surface area contributed by atoms with Crippen LogP contribution in [0.4, 0.5) is 0 Å². The van der Waals surface area contributed by atoms with Crippen molar-refractivity contribution in [2.45, 2.75) is 12.8 Å². The van der Waals surface area contributed by atoms with Gasteiger partial charge >= 0.3 is 12.0 Å². The van der Waals surface area contributed by atoms with Crippen molar-refractivity contribution >= 4 is 5.78 Å². The molecule has 1 heterocycles. The minimum absolute atomic E-state index is 0.0691. The minimum atomic E-state index is 0.0691. The average Bonchev–Trinajstić information content (AvgIpc) is 2.20. The lowest BCUT2D eigenvalue weighted by Gasteiger charge is -2.07. The SMILES string of the molecule is [O-]C1=C[O+]=C(c2ccccc2)CC1. The van der Waals surface area contributed by atoms with Crippen LogP contribution in [0.5, 0.6) is 0 Å². The molecule has 0 radical (unpaired) electrons. The Morgan fingerprint density at radius 1 is 1.08 bits per heavy atom. The Hall–Kier alpha value is -1.57. The van der Waals surface area contributed by atoms with Crippen molar-refractivity contribution in [2.24, 2.45) is 0 Å². The second kappa shape index (κ2) is 3.44. The van der Waals surface area contributed by atoms with Gasteiger partial charge in [-0.3, -0.25) is 0 Å². The maximum atomic E-state index is 10.8. The van der Waals surface area contributed by atoms with Gasteiger partial charge in [-0.2, -0.15) is 0 Å². The Labute approximate surface area is 76.8 Å². The van der Waals surface area contributed by atoms with Crippen molar-refractivity contribution in [3.63, 3.8) is 0 Å². The molecule has 0 fully saturated rings. The van der Waals surface area contributed by atoms with E-state index in [1.807, 2.05) is 30.3 Å². The van der Waals surface area contributed by atoms with Gasteiger partial charge in [0.15, 0.2) is 0 Å². The van der Waals surface area contributed by atoms with Gasteiger partial charge in [-0.05, 0) is 24.3 Å². The first-order valence-corrected chi connectivity index (χ1v) is 4.30. The van der Waals surface area contributed by atoms with Crippen molar-refractivity contribution < 1.29 is 9.53 Å². The van der Waals surface area contributed by atoms with E-state index in [-0.39, 0.29) is 5.76 Å². The number of hydrogen-bond acceptors (Lipinski definition) is 1. The summed E-state index contributed by atoms with van der Waals surface area (Å²) in [4.78, 5) is 0. The molecule has 66 valence electrons. The molecule has 1 aliphatic rings. The quantitative estimate of drug-likeness (QED) is 0.592. The molecular formula is C11H10O2. The molecule has 1 aromatic carbocycles. The summed E-state index contributed by atoms with van der Waals surface area (Å²) in [6.45, 7) is 0. The van der Waals surface area contributed by atoms with E-state index >= 15 is 0 Å². The smallest absolute Gasteiger partial charge is 0.336 e. The lowest BCUT2D eigenvalue weighted by molar-refractivity contribution is -0.326. The molecule has 0 saturated heterocycles. The molecule has 0 atom stereocenters. The molecule has 1 aliphatic heterocycles. The minimum Gasteiger partial charge on any atom is -0.870 e. The highest BCUT2D eigenvalue weighted by molar-refractivity contribution is 5.96. The van der Waals surface area contributed by atoms with Crippen LogP contribution < -0.4 is 5.11 Å². The highest BCUT2D eigenvalue weighted by atomic mass is 16.4. The highest BCUT2D eigenvalue weighted by Crippen LogP contribution is 2.12. The van der Waals surface area contributed by atoms with E-state index in [1.54, 1.807) is 0 Å². The lowest BCUT2D eigenvalue weighted by atomic mass is 10.1. The van der Waals surface area contributed by atoms with Crippen LogP contribution in [0.1, 0.15) is 22.8 Å². The number of ketones is 1. The topological polar surface area (TPSA) is 34.4 Å². The van der Waals surface area contributed by atoms with Gasteiger partial charge in [-0.25, -0.2) is 4.42 Å². The first-order valence-electron chi connectivity index (χ1n) is 4.30. The van der Waals surface area contributed by atoms with Crippen LogP contribution in [0, 0.1) is 0 Å². The molecular weight excluding hydrogens is 164 g/mol. The summed E-state index contributed by atoms with van der Waals surface area (Å²) in [6.07, 6.45) is 2.56. The molecule has 1 aromatic rings. The Bertz CT molecular complexity index is 350. The maximum Gasteiger partial charge on any atom is 0.336 e. The number of carbonyl (C=O) groups excluding carboxylic acids is 1. The zero-order valence-corrected chi connectivity index (χ0v) is 7.19. The van der Waals surface area contributed by atoms with Gasteiger partial charge in [-0.15, -0.1) is 0 Å². The first-order chi connectivity index (χ1) is 6.36. The predicted octanol–water partition coefficient (Wildman–Crippen LogP) is 1.40. The Morgan fingerprint density at radius 3 is 2.46 bits per heavy atom. The van der Waals surface area contributed by atoms with Crippen LogP contribution in [0.15, 0.2) is 42.4 Å². The summed E-state index contributed by atoms with van der Waals surface area (Å²) in [5.74, 6) is 0.958. The molecule has 0 aromatic heterocycles. The molecule has 13 heavy (non-hydrogen) atoms. The molecule has 0 N–H and O–H groups in total. The van der Waals surface area contributed by atoms with Crippen molar-refractivity contribution in [2.75, 3.05) is 0 Å². The van der Waals surface area contributed by atoms with E-state index < -0.39 is 0 Å². The van der Waals surface area contributed by atoms with Crippen LogP contribution in [-0.2, 0) is 0 Å². The summed E-state index contributed by atoms with van der Waals surface area (Å²) in [5, 5.41) is 10.8. The molecule has 2 rings (SSSR count). The zero-order valence-electron chi connectivity index (χ0n) is 7.19. The normalized spacial score (nSPS) is 16.3. The molecule has 0 aliphatic carbocycles. The zero-order chi connectivity index (χ0) is 9.10. The van der Waals surface area contributed by atoms with Crippen LogP contribution in [0.25, 0.3) is 0 Å². The lowest BCUT2D eigenvalue weighted by Crippen LogP contribution is -2.12. The van der Waals surface area contributed by atoms with Crippen molar-refractivity contribution in [1.29, 1.82) is 0 Å². The molecule has 0 saturated carbocycles. The van der Waals surface area contributed by atoms with Gasteiger partial charge in [0.2, 0.25) is 0 Å². The summed E-state index contributed by atoms with van der Waals surface area (Å²) in [6, 6.07) is 9.85. The molecule has 0 spiro atoms. The van der Waals surface area contributed by atoms with Crippen molar-refractivity contribution in [1.82, 2.24) is 0 Å². The molecule has 0 bridgehead atoms. The highest BCUT2D eigenvalue weighted by Gasteiger charge is 2.17. The van der Waals surface area contributed by atoms with E-state index in [0.29, 0.717) is 12.8 Å². The maximum absolute atomic E-state index is 10.8. The Kier molecular flexibility index (Phi) is 2.13. The predicted molar refractivity (Wildman–Crippen MR) is 48.1 cm³/mol. The third-order valence-electron chi connectivity index (χ3n) is 2.03. The Morgan fingerprint density at radius 2 is 1.85 bits per heavy atom. The number of benzene rings is 1. The molecule has 0 unspecified atom stereocenters. The third kappa shape index (κ3) is 1.78. The summed E-state index contributed by atoms with van der Waals surface area (Å²) < 4.78 is 5.22. The van der Waals surface area contributed by atoms with Gasteiger partial charge in [0.1, 0.15) is 0 Å².